The Morgan fingerprint density at radius 2 is 2.26 bits per heavy atom. The molecule has 0 unspecified atom stereocenters. The number of aliphatic imine (C=N–C) groups is 1. The lowest BCUT2D eigenvalue weighted by atomic mass is 10.3. The van der Waals surface area contributed by atoms with Crippen LogP contribution in [-0.4, -0.2) is 23.6 Å². The Bertz CT molecular complexity index is 396. The summed E-state index contributed by atoms with van der Waals surface area (Å²) in [6, 6.07) is 4.10. The van der Waals surface area contributed by atoms with Crippen LogP contribution in [0.25, 0.3) is 0 Å². The molecule has 1 heterocycles. The number of nitrogens with two attached hydrogens (primary N) is 1. The molecule has 1 rings (SSSR count). The topological polar surface area (TPSA) is 72.5 Å². The molecular weight excluding hydrogens is 355 g/mol. The van der Waals surface area contributed by atoms with E-state index in [0.29, 0.717) is 25.0 Å². The maximum absolute atomic E-state index is 5.75. The number of nitrogens with one attached hydrogen (secondary N) is 1. The highest BCUT2D eigenvalue weighted by atomic mass is 127. The fraction of sp³-hybridized carbons (Fsp3) is 0.538. The lowest BCUT2D eigenvalue weighted by Gasteiger charge is -2.10. The van der Waals surface area contributed by atoms with Crippen molar-refractivity contribution in [3.05, 3.63) is 23.9 Å². The molecule has 0 atom stereocenters. The number of guanidine groups is 1. The monoisotopic (exact) mass is 378 g/mol. The van der Waals surface area contributed by atoms with Gasteiger partial charge in [-0.2, -0.15) is 0 Å². The summed E-state index contributed by atoms with van der Waals surface area (Å²) in [5, 5.41) is 3.04. The fourth-order valence-electron chi connectivity index (χ4n) is 1.38. The van der Waals surface area contributed by atoms with E-state index in [4.69, 9.17) is 10.5 Å². The number of hydrogen-bond donors (Lipinski definition) is 2. The minimum Gasteiger partial charge on any atom is -0.477 e. The van der Waals surface area contributed by atoms with Gasteiger partial charge in [0, 0.05) is 17.8 Å². The number of aromatic nitrogens is 1. The average molecular weight is 378 g/mol. The van der Waals surface area contributed by atoms with Crippen LogP contribution in [0.4, 0.5) is 0 Å². The van der Waals surface area contributed by atoms with Gasteiger partial charge in [0.1, 0.15) is 0 Å². The first-order valence-corrected chi connectivity index (χ1v) is 6.26. The lowest BCUT2D eigenvalue weighted by Crippen LogP contribution is -2.36. The molecule has 0 bridgehead atoms. The molecule has 0 saturated carbocycles. The molecule has 0 aliphatic heterocycles. The zero-order valence-corrected chi connectivity index (χ0v) is 14.0. The molecule has 0 aromatic carbocycles. The van der Waals surface area contributed by atoms with E-state index in [0.717, 1.165) is 12.0 Å². The van der Waals surface area contributed by atoms with Crippen LogP contribution in [0.1, 0.15) is 32.8 Å². The van der Waals surface area contributed by atoms with Crippen LogP contribution in [0.3, 0.4) is 0 Å². The number of pyridine rings is 1. The summed E-state index contributed by atoms with van der Waals surface area (Å²) in [6.45, 7) is 7.22. The molecule has 3 N–H and O–H groups in total. The van der Waals surface area contributed by atoms with Gasteiger partial charge in [0.2, 0.25) is 5.88 Å². The molecule has 0 aliphatic rings. The third-order valence-corrected chi connectivity index (χ3v) is 2.15. The van der Waals surface area contributed by atoms with Crippen molar-refractivity contribution in [1.82, 2.24) is 10.3 Å². The molecule has 19 heavy (non-hydrogen) atoms. The standard InChI is InChI=1S/C13H22N4O.HI/c1-4-8-18-12-11(6-5-7-15-12)9-16-13(14)17-10(2)3;/h5-7,10H,4,8-9H2,1-3H3,(H3,14,16,17);1H. The van der Waals surface area contributed by atoms with Crippen LogP contribution in [0.2, 0.25) is 0 Å². The molecule has 0 saturated heterocycles. The van der Waals surface area contributed by atoms with Crippen LogP contribution in [0.15, 0.2) is 23.3 Å². The van der Waals surface area contributed by atoms with Gasteiger partial charge in [0.15, 0.2) is 5.96 Å². The summed E-state index contributed by atoms with van der Waals surface area (Å²) in [7, 11) is 0. The van der Waals surface area contributed by atoms with E-state index in [1.54, 1.807) is 6.20 Å². The highest BCUT2D eigenvalue weighted by Gasteiger charge is 2.04. The second-order valence-corrected chi connectivity index (χ2v) is 4.32. The first-order valence-electron chi connectivity index (χ1n) is 6.26. The van der Waals surface area contributed by atoms with E-state index in [-0.39, 0.29) is 30.0 Å². The van der Waals surface area contributed by atoms with Crippen LogP contribution in [0.5, 0.6) is 5.88 Å². The van der Waals surface area contributed by atoms with E-state index in [9.17, 15) is 0 Å². The number of rotatable bonds is 6. The second-order valence-electron chi connectivity index (χ2n) is 4.32. The number of hydrogen-bond acceptors (Lipinski definition) is 3. The summed E-state index contributed by atoms with van der Waals surface area (Å²) in [6.07, 6.45) is 2.67. The Hall–Kier alpha value is -1.05. The zero-order chi connectivity index (χ0) is 13.4. The predicted molar refractivity (Wildman–Crippen MR) is 89.0 cm³/mol. The van der Waals surface area contributed by atoms with Crippen molar-refractivity contribution in [2.24, 2.45) is 10.7 Å². The van der Waals surface area contributed by atoms with Crippen LogP contribution >= 0.6 is 24.0 Å². The molecule has 108 valence electrons. The van der Waals surface area contributed by atoms with Crippen LogP contribution in [0, 0.1) is 0 Å². The van der Waals surface area contributed by atoms with Crippen molar-refractivity contribution in [2.45, 2.75) is 39.8 Å². The van der Waals surface area contributed by atoms with Gasteiger partial charge >= 0.3 is 0 Å². The van der Waals surface area contributed by atoms with Gasteiger partial charge < -0.3 is 15.8 Å². The quantitative estimate of drug-likeness (QED) is 0.453. The Balaban J connectivity index is 0.00000324. The zero-order valence-electron chi connectivity index (χ0n) is 11.7. The molecule has 0 fully saturated rings. The molecule has 0 spiro atoms. The van der Waals surface area contributed by atoms with Crippen LogP contribution in [-0.2, 0) is 6.54 Å². The first kappa shape index (κ1) is 17.9. The number of nitrogens with zero attached hydrogens (tertiary/aromatic N) is 2. The fourth-order valence-corrected chi connectivity index (χ4v) is 1.38. The van der Waals surface area contributed by atoms with Gasteiger partial charge in [-0.25, -0.2) is 9.98 Å². The number of halogens is 1. The average Bonchev–Trinajstić information content (AvgIpc) is 2.34. The van der Waals surface area contributed by atoms with E-state index in [2.05, 4.69) is 22.2 Å². The van der Waals surface area contributed by atoms with Crippen LogP contribution < -0.4 is 15.8 Å². The van der Waals surface area contributed by atoms with E-state index < -0.39 is 0 Å². The Morgan fingerprint density at radius 1 is 1.53 bits per heavy atom. The molecule has 0 amide bonds. The third-order valence-electron chi connectivity index (χ3n) is 2.15. The van der Waals surface area contributed by atoms with E-state index >= 15 is 0 Å². The Kier molecular flexibility index (Phi) is 9.28. The minimum atomic E-state index is 0. The van der Waals surface area contributed by atoms with Gasteiger partial charge in [0.05, 0.1) is 13.2 Å². The third kappa shape index (κ3) is 7.19. The Morgan fingerprint density at radius 3 is 2.89 bits per heavy atom. The van der Waals surface area contributed by atoms with Gasteiger partial charge in [0.25, 0.3) is 0 Å². The largest absolute Gasteiger partial charge is 0.477 e. The van der Waals surface area contributed by atoms with Gasteiger partial charge in [-0.15, -0.1) is 24.0 Å². The van der Waals surface area contributed by atoms with Gasteiger partial charge in [-0.3, -0.25) is 0 Å². The number of ether oxygens (including phenoxy) is 1. The summed E-state index contributed by atoms with van der Waals surface area (Å²) in [5.74, 6) is 1.08. The summed E-state index contributed by atoms with van der Waals surface area (Å²) >= 11 is 0. The molecule has 0 radical (unpaired) electrons. The summed E-state index contributed by atoms with van der Waals surface area (Å²) < 4.78 is 5.56. The summed E-state index contributed by atoms with van der Waals surface area (Å²) in [5.41, 5.74) is 6.69. The second kappa shape index (κ2) is 9.82. The molecule has 1 aromatic heterocycles. The van der Waals surface area contributed by atoms with E-state index in [1.807, 2.05) is 26.0 Å². The normalized spacial score (nSPS) is 11.1. The van der Waals surface area contributed by atoms with Crippen molar-refractivity contribution < 1.29 is 4.74 Å². The SMILES string of the molecule is CCCOc1ncccc1CN=C(N)NC(C)C.I. The predicted octanol–water partition coefficient (Wildman–Crippen LogP) is 2.30. The van der Waals surface area contributed by atoms with Crippen molar-refractivity contribution in [3.63, 3.8) is 0 Å². The highest BCUT2D eigenvalue weighted by Crippen LogP contribution is 2.15. The van der Waals surface area contributed by atoms with E-state index in [1.165, 1.54) is 0 Å². The van der Waals surface area contributed by atoms with Crippen molar-refractivity contribution in [3.8, 4) is 5.88 Å². The Labute approximate surface area is 132 Å². The van der Waals surface area contributed by atoms with Crippen molar-refractivity contribution in [1.29, 1.82) is 0 Å². The lowest BCUT2D eigenvalue weighted by molar-refractivity contribution is 0.302. The van der Waals surface area contributed by atoms with Crippen molar-refractivity contribution in [2.75, 3.05) is 6.61 Å². The molecule has 1 aromatic rings. The van der Waals surface area contributed by atoms with Gasteiger partial charge in [-0.1, -0.05) is 13.0 Å². The minimum absolute atomic E-state index is 0. The molecule has 6 heteroatoms. The maximum Gasteiger partial charge on any atom is 0.218 e. The summed E-state index contributed by atoms with van der Waals surface area (Å²) in [4.78, 5) is 8.47. The first-order chi connectivity index (χ1) is 8.63. The smallest absolute Gasteiger partial charge is 0.218 e. The maximum atomic E-state index is 5.75. The van der Waals surface area contributed by atoms with Gasteiger partial charge in [-0.05, 0) is 26.3 Å². The van der Waals surface area contributed by atoms with Crippen molar-refractivity contribution >= 4 is 29.9 Å². The molecular formula is C13H23IN4O. The highest BCUT2D eigenvalue weighted by molar-refractivity contribution is 14.0. The molecule has 0 aliphatic carbocycles. The molecule has 5 nitrogen and oxygen atoms in total.